The van der Waals surface area contributed by atoms with Crippen molar-refractivity contribution in [2.45, 2.75) is 61.6 Å². The monoisotopic (exact) mass is 360 g/mol. The van der Waals surface area contributed by atoms with Crippen molar-refractivity contribution in [1.82, 2.24) is 0 Å². The molecule has 144 valence electrons. The van der Waals surface area contributed by atoms with Crippen LogP contribution in [-0.4, -0.2) is 0 Å². The van der Waals surface area contributed by atoms with E-state index in [0.717, 1.165) is 18.2 Å². The molecular weight excluding hydrogens is 328 g/mol. The van der Waals surface area contributed by atoms with Crippen LogP contribution in [0.25, 0.3) is 0 Å². The normalized spacial score (nSPS) is 9.28. The highest BCUT2D eigenvalue weighted by atomic mass is 19.4. The maximum absolute atomic E-state index is 12.9. The van der Waals surface area contributed by atoms with Gasteiger partial charge < -0.3 is 0 Å². The summed E-state index contributed by atoms with van der Waals surface area (Å²) in [5.41, 5.74) is 0.174. The largest absolute Gasteiger partial charge is 0.416 e. The Morgan fingerprint density at radius 1 is 0.800 bits per heavy atom. The van der Waals surface area contributed by atoms with Crippen LogP contribution in [0.3, 0.4) is 0 Å². The predicted molar refractivity (Wildman–Crippen MR) is 101 cm³/mol. The number of aryl methyl sites for hydroxylation is 1. The van der Waals surface area contributed by atoms with Gasteiger partial charge in [0, 0.05) is 0 Å². The fourth-order valence-corrected chi connectivity index (χ4v) is 1.72. The minimum atomic E-state index is -4.46. The topological polar surface area (TPSA) is 0 Å². The molecule has 0 aliphatic rings. The molecule has 2 aromatic carbocycles. The second-order valence-corrected chi connectivity index (χ2v) is 4.98. The Morgan fingerprint density at radius 2 is 1.28 bits per heavy atom. The molecule has 0 saturated carbocycles. The summed E-state index contributed by atoms with van der Waals surface area (Å²) >= 11 is 0. The fourth-order valence-electron chi connectivity index (χ4n) is 1.72. The Morgan fingerprint density at radius 3 is 1.56 bits per heavy atom. The predicted octanol–water partition coefficient (Wildman–Crippen LogP) is 8.09. The maximum Gasteiger partial charge on any atom is 0.416 e. The van der Waals surface area contributed by atoms with Gasteiger partial charge in [-0.15, -0.1) is 0 Å². The standard InChI is InChI=1S/C9H8F4.C7H8.C3H8.2CH4/c1-2-6-7(9(11,12)13)4-3-5-8(6)10;1-7-5-3-2-4-6-7;1-3-2;;/h3-5H,2H2,1H3;2-6H,1H3;3H2,1-2H3;2*1H4. The summed E-state index contributed by atoms with van der Waals surface area (Å²) in [5.74, 6) is -0.794. The summed E-state index contributed by atoms with van der Waals surface area (Å²) in [6.07, 6.45) is -3.17. The number of halogens is 4. The molecule has 0 aromatic heterocycles. The molecule has 0 atom stereocenters. The van der Waals surface area contributed by atoms with E-state index in [9.17, 15) is 17.6 Å². The highest BCUT2D eigenvalue weighted by molar-refractivity contribution is 5.30. The highest BCUT2D eigenvalue weighted by Crippen LogP contribution is 2.33. The summed E-state index contributed by atoms with van der Waals surface area (Å²) < 4.78 is 49.6. The van der Waals surface area contributed by atoms with Crippen molar-refractivity contribution in [3.05, 3.63) is 71.0 Å². The van der Waals surface area contributed by atoms with Gasteiger partial charge in [-0.3, -0.25) is 0 Å². The molecule has 0 spiro atoms. The Balaban J connectivity index is -0.000000344. The molecule has 0 nitrogen and oxygen atoms in total. The minimum absolute atomic E-state index is 0. The van der Waals surface area contributed by atoms with Crippen LogP contribution in [0.1, 0.15) is 58.7 Å². The average Bonchev–Trinajstić information content (AvgIpc) is 2.48. The van der Waals surface area contributed by atoms with Gasteiger partial charge in [0.25, 0.3) is 0 Å². The number of hydrogen-bond acceptors (Lipinski definition) is 0. The van der Waals surface area contributed by atoms with E-state index in [1.54, 1.807) is 0 Å². The zero-order valence-corrected chi connectivity index (χ0v) is 14.0. The SMILES string of the molecule is C.C.CCC.CCc1c(F)cccc1C(F)(F)F.Cc1ccccc1. The first-order valence-electron chi connectivity index (χ1n) is 7.64. The summed E-state index contributed by atoms with van der Waals surface area (Å²) in [7, 11) is 0. The molecule has 25 heavy (non-hydrogen) atoms. The molecule has 0 radical (unpaired) electrons. The highest BCUT2D eigenvalue weighted by Gasteiger charge is 2.33. The molecule has 0 amide bonds. The molecule has 0 aliphatic heterocycles. The number of benzene rings is 2. The third kappa shape index (κ3) is 11.4. The van der Waals surface area contributed by atoms with Crippen molar-refractivity contribution in [3.8, 4) is 0 Å². The molecule has 2 aromatic rings. The Labute approximate surface area is 150 Å². The average molecular weight is 360 g/mol. The lowest BCUT2D eigenvalue weighted by atomic mass is 10.0. The van der Waals surface area contributed by atoms with Crippen molar-refractivity contribution in [2.24, 2.45) is 0 Å². The van der Waals surface area contributed by atoms with Gasteiger partial charge in [0.05, 0.1) is 5.56 Å². The maximum atomic E-state index is 12.9. The van der Waals surface area contributed by atoms with Crippen LogP contribution in [0.15, 0.2) is 48.5 Å². The number of rotatable bonds is 1. The zero-order valence-electron chi connectivity index (χ0n) is 14.0. The molecule has 0 saturated heterocycles. The van der Waals surface area contributed by atoms with E-state index >= 15 is 0 Å². The van der Waals surface area contributed by atoms with E-state index in [0.29, 0.717) is 0 Å². The Hall–Kier alpha value is -1.84. The van der Waals surface area contributed by atoms with Crippen LogP contribution in [-0.2, 0) is 12.6 Å². The van der Waals surface area contributed by atoms with Gasteiger partial charge in [-0.1, -0.05) is 84.0 Å². The quantitative estimate of drug-likeness (QED) is 0.451. The van der Waals surface area contributed by atoms with Gasteiger partial charge in [0.15, 0.2) is 0 Å². The molecule has 0 heterocycles. The van der Waals surface area contributed by atoms with Crippen molar-refractivity contribution in [1.29, 1.82) is 0 Å². The van der Waals surface area contributed by atoms with Crippen molar-refractivity contribution in [2.75, 3.05) is 0 Å². The smallest absolute Gasteiger partial charge is 0.207 e. The summed E-state index contributed by atoms with van der Waals surface area (Å²) in [6, 6.07) is 13.3. The van der Waals surface area contributed by atoms with E-state index in [1.807, 2.05) is 18.2 Å². The van der Waals surface area contributed by atoms with Crippen LogP contribution in [0.2, 0.25) is 0 Å². The molecule has 0 unspecified atom stereocenters. The number of hydrogen-bond donors (Lipinski definition) is 0. The van der Waals surface area contributed by atoms with Crippen LogP contribution < -0.4 is 0 Å². The van der Waals surface area contributed by atoms with Gasteiger partial charge in [-0.25, -0.2) is 4.39 Å². The van der Waals surface area contributed by atoms with Crippen molar-refractivity contribution >= 4 is 0 Å². The number of alkyl halides is 3. The molecule has 0 N–H and O–H groups in total. The zero-order chi connectivity index (χ0) is 17.9. The van der Waals surface area contributed by atoms with E-state index < -0.39 is 17.6 Å². The summed E-state index contributed by atoms with van der Waals surface area (Å²) in [4.78, 5) is 0. The molecule has 0 fully saturated rings. The van der Waals surface area contributed by atoms with Crippen LogP contribution in [0.4, 0.5) is 17.6 Å². The van der Waals surface area contributed by atoms with E-state index in [2.05, 4.69) is 32.9 Å². The van der Waals surface area contributed by atoms with E-state index in [1.165, 1.54) is 18.9 Å². The Bertz CT molecular complexity index is 546. The first-order valence-corrected chi connectivity index (χ1v) is 7.64. The van der Waals surface area contributed by atoms with Gasteiger partial charge in [0.1, 0.15) is 5.82 Å². The van der Waals surface area contributed by atoms with E-state index in [-0.39, 0.29) is 26.8 Å². The van der Waals surface area contributed by atoms with Gasteiger partial charge in [-0.05, 0) is 31.0 Å². The van der Waals surface area contributed by atoms with Crippen LogP contribution >= 0.6 is 0 Å². The molecule has 4 heteroatoms. The fraction of sp³-hybridized carbons (Fsp3) is 0.429. The van der Waals surface area contributed by atoms with E-state index in [4.69, 9.17) is 0 Å². The minimum Gasteiger partial charge on any atom is -0.207 e. The lowest BCUT2D eigenvalue weighted by Crippen LogP contribution is -2.10. The second kappa shape index (κ2) is 14.5. The first kappa shape index (κ1) is 28.0. The first-order chi connectivity index (χ1) is 10.8. The van der Waals surface area contributed by atoms with Gasteiger partial charge in [0.2, 0.25) is 0 Å². The third-order valence-electron chi connectivity index (χ3n) is 2.72. The second-order valence-electron chi connectivity index (χ2n) is 4.98. The van der Waals surface area contributed by atoms with Crippen molar-refractivity contribution < 1.29 is 17.6 Å². The van der Waals surface area contributed by atoms with Gasteiger partial charge >= 0.3 is 6.18 Å². The molecule has 0 aliphatic carbocycles. The summed E-state index contributed by atoms with van der Waals surface area (Å²) in [5, 5.41) is 0. The van der Waals surface area contributed by atoms with Gasteiger partial charge in [-0.2, -0.15) is 13.2 Å². The lowest BCUT2D eigenvalue weighted by molar-refractivity contribution is -0.138. The summed E-state index contributed by atoms with van der Waals surface area (Å²) in [6.45, 7) is 7.83. The molecule has 2 rings (SSSR count). The third-order valence-corrected chi connectivity index (χ3v) is 2.72. The lowest BCUT2D eigenvalue weighted by Gasteiger charge is -2.11. The Kier molecular flexibility index (Phi) is 16.2. The van der Waals surface area contributed by atoms with Crippen molar-refractivity contribution in [3.63, 3.8) is 0 Å². The van der Waals surface area contributed by atoms with Crippen LogP contribution in [0, 0.1) is 12.7 Å². The molecule has 0 bridgehead atoms. The van der Waals surface area contributed by atoms with Crippen LogP contribution in [0.5, 0.6) is 0 Å². The molecular formula is C21H32F4.